The van der Waals surface area contributed by atoms with E-state index in [0.717, 1.165) is 17.0 Å². The number of nitrogens with zero attached hydrogens (tertiary/aromatic N) is 5. The molecule has 0 saturated carbocycles. The smallest absolute Gasteiger partial charge is 0.185 e. The molecule has 0 atom stereocenters. The van der Waals surface area contributed by atoms with E-state index in [1.807, 2.05) is 42.5 Å². The van der Waals surface area contributed by atoms with Crippen LogP contribution in [-0.4, -0.2) is 21.7 Å². The van der Waals surface area contributed by atoms with Crippen LogP contribution in [0.2, 0.25) is 0 Å². The minimum atomic E-state index is 0.277. The van der Waals surface area contributed by atoms with Crippen LogP contribution in [0.25, 0.3) is 16.9 Å². The largest absolute Gasteiger partial charge is 0.497 e. The van der Waals surface area contributed by atoms with Gasteiger partial charge in [0.1, 0.15) is 5.75 Å². The topological polar surface area (TPSA) is 90.2 Å². The maximum Gasteiger partial charge on any atom is 0.185 e. The summed E-state index contributed by atoms with van der Waals surface area (Å²) in [5.41, 5.74) is 10.9. The van der Waals surface area contributed by atoms with E-state index in [4.69, 9.17) is 10.5 Å². The molecule has 27 heavy (non-hydrogen) atoms. The SMILES string of the molecule is COc1ccc(N=Nc2c(N)nn3c(-c4ccc(C)cc4)ccnc23)cc1. The molecule has 0 aliphatic heterocycles. The van der Waals surface area contributed by atoms with Crippen LogP contribution in [0.3, 0.4) is 0 Å². The zero-order chi connectivity index (χ0) is 18.8. The molecule has 0 fully saturated rings. The van der Waals surface area contributed by atoms with Gasteiger partial charge in [0.25, 0.3) is 0 Å². The van der Waals surface area contributed by atoms with Gasteiger partial charge in [-0.15, -0.1) is 10.2 Å². The maximum atomic E-state index is 6.09. The molecule has 4 aromatic rings. The number of fused-ring (bicyclic) bond motifs is 1. The van der Waals surface area contributed by atoms with E-state index in [0.29, 0.717) is 17.0 Å². The summed E-state index contributed by atoms with van der Waals surface area (Å²) >= 11 is 0. The number of methoxy groups -OCH3 is 1. The average Bonchev–Trinajstić information content (AvgIpc) is 3.02. The molecule has 0 saturated heterocycles. The molecule has 0 bridgehead atoms. The third-order valence-electron chi connectivity index (χ3n) is 4.21. The third kappa shape index (κ3) is 3.22. The summed E-state index contributed by atoms with van der Waals surface area (Å²) < 4.78 is 6.84. The number of nitrogen functional groups attached to an aromatic ring is 1. The van der Waals surface area contributed by atoms with Gasteiger partial charge in [0.15, 0.2) is 17.2 Å². The predicted octanol–water partition coefficient (Wildman–Crippen LogP) is 4.71. The minimum Gasteiger partial charge on any atom is -0.497 e. The van der Waals surface area contributed by atoms with Gasteiger partial charge >= 0.3 is 0 Å². The Labute approximate surface area is 156 Å². The van der Waals surface area contributed by atoms with E-state index in [2.05, 4.69) is 39.4 Å². The van der Waals surface area contributed by atoms with Crippen LogP contribution in [0.15, 0.2) is 71.0 Å². The van der Waals surface area contributed by atoms with Gasteiger partial charge in [0.2, 0.25) is 0 Å². The van der Waals surface area contributed by atoms with Gasteiger partial charge in [0, 0.05) is 11.8 Å². The standard InChI is InChI=1S/C20H18N6O/c1-13-3-5-14(6-4-13)17-11-12-22-20-18(19(21)25-26(17)20)24-23-15-7-9-16(27-2)10-8-15/h3-12H,1-2H3,(H2,21,25). The fourth-order valence-corrected chi connectivity index (χ4v) is 2.75. The first-order valence-electron chi connectivity index (χ1n) is 8.42. The van der Waals surface area contributed by atoms with Crippen molar-refractivity contribution >= 4 is 22.8 Å². The molecule has 2 N–H and O–H groups in total. The normalized spacial score (nSPS) is 11.3. The molecule has 7 heteroatoms. The van der Waals surface area contributed by atoms with Gasteiger partial charge < -0.3 is 10.5 Å². The average molecular weight is 358 g/mol. The van der Waals surface area contributed by atoms with Gasteiger partial charge in [-0.1, -0.05) is 29.8 Å². The van der Waals surface area contributed by atoms with Crippen LogP contribution in [0, 0.1) is 6.92 Å². The lowest BCUT2D eigenvalue weighted by atomic mass is 10.1. The van der Waals surface area contributed by atoms with E-state index in [9.17, 15) is 0 Å². The zero-order valence-electron chi connectivity index (χ0n) is 15.0. The maximum absolute atomic E-state index is 6.09. The zero-order valence-corrected chi connectivity index (χ0v) is 15.0. The number of aromatic nitrogens is 3. The quantitative estimate of drug-likeness (QED) is 0.535. The summed E-state index contributed by atoms with van der Waals surface area (Å²) in [6.07, 6.45) is 1.72. The predicted molar refractivity (Wildman–Crippen MR) is 105 cm³/mol. The summed E-state index contributed by atoms with van der Waals surface area (Å²) in [5, 5.41) is 12.9. The number of aryl methyl sites for hydroxylation is 1. The molecule has 2 heterocycles. The fourth-order valence-electron chi connectivity index (χ4n) is 2.75. The number of hydrogen-bond donors (Lipinski definition) is 1. The third-order valence-corrected chi connectivity index (χ3v) is 4.21. The Morgan fingerprint density at radius 3 is 2.41 bits per heavy atom. The van der Waals surface area contributed by atoms with E-state index < -0.39 is 0 Å². The highest BCUT2D eigenvalue weighted by Gasteiger charge is 2.14. The lowest BCUT2D eigenvalue weighted by molar-refractivity contribution is 0.415. The van der Waals surface area contributed by atoms with Gasteiger partial charge in [-0.05, 0) is 37.3 Å². The van der Waals surface area contributed by atoms with Gasteiger partial charge in [-0.3, -0.25) is 0 Å². The van der Waals surface area contributed by atoms with Crippen LogP contribution < -0.4 is 10.5 Å². The molecule has 0 aliphatic carbocycles. The van der Waals surface area contributed by atoms with Crippen molar-refractivity contribution in [3.05, 3.63) is 66.4 Å². The molecular weight excluding hydrogens is 340 g/mol. The summed E-state index contributed by atoms with van der Waals surface area (Å²) in [6, 6.07) is 17.4. The Morgan fingerprint density at radius 1 is 0.963 bits per heavy atom. The number of azo groups is 1. The van der Waals surface area contributed by atoms with Crippen molar-refractivity contribution in [2.45, 2.75) is 6.92 Å². The molecule has 0 unspecified atom stereocenters. The summed E-state index contributed by atoms with van der Waals surface area (Å²) in [4.78, 5) is 4.39. The number of anilines is 1. The molecule has 0 amide bonds. The van der Waals surface area contributed by atoms with Crippen LogP contribution >= 0.6 is 0 Å². The molecule has 2 aromatic carbocycles. The highest BCUT2D eigenvalue weighted by Crippen LogP contribution is 2.31. The lowest BCUT2D eigenvalue weighted by Crippen LogP contribution is -1.96. The van der Waals surface area contributed by atoms with Crippen molar-refractivity contribution in [2.24, 2.45) is 10.2 Å². The Morgan fingerprint density at radius 2 is 1.70 bits per heavy atom. The minimum absolute atomic E-state index is 0.277. The van der Waals surface area contributed by atoms with Crippen molar-refractivity contribution < 1.29 is 4.74 Å². The summed E-state index contributed by atoms with van der Waals surface area (Å²) in [6.45, 7) is 2.05. The second kappa shape index (κ2) is 6.87. The monoisotopic (exact) mass is 358 g/mol. The van der Waals surface area contributed by atoms with E-state index in [-0.39, 0.29) is 5.82 Å². The molecule has 0 spiro atoms. The molecule has 134 valence electrons. The van der Waals surface area contributed by atoms with E-state index in [1.54, 1.807) is 17.8 Å². The molecule has 4 rings (SSSR count). The first-order chi connectivity index (χ1) is 13.2. The first kappa shape index (κ1) is 16.7. The molecular formula is C20H18N6O. The number of benzene rings is 2. The Kier molecular flexibility index (Phi) is 4.25. The Balaban J connectivity index is 1.75. The van der Waals surface area contributed by atoms with Crippen molar-refractivity contribution in [2.75, 3.05) is 12.8 Å². The van der Waals surface area contributed by atoms with Crippen molar-refractivity contribution in [1.29, 1.82) is 0 Å². The van der Waals surface area contributed by atoms with Crippen LogP contribution in [0.5, 0.6) is 5.75 Å². The fraction of sp³-hybridized carbons (Fsp3) is 0.100. The number of hydrogen-bond acceptors (Lipinski definition) is 6. The molecule has 7 nitrogen and oxygen atoms in total. The van der Waals surface area contributed by atoms with Crippen molar-refractivity contribution in [3.8, 4) is 17.0 Å². The van der Waals surface area contributed by atoms with Crippen LogP contribution in [0.1, 0.15) is 5.56 Å². The van der Waals surface area contributed by atoms with Crippen LogP contribution in [0.4, 0.5) is 17.2 Å². The Bertz CT molecular complexity index is 1110. The lowest BCUT2D eigenvalue weighted by Gasteiger charge is -2.04. The van der Waals surface area contributed by atoms with E-state index in [1.165, 1.54) is 5.56 Å². The van der Waals surface area contributed by atoms with Gasteiger partial charge in [-0.25, -0.2) is 9.50 Å². The van der Waals surface area contributed by atoms with Gasteiger partial charge in [0.05, 0.1) is 18.5 Å². The first-order valence-corrected chi connectivity index (χ1v) is 8.42. The number of rotatable bonds is 4. The molecule has 0 aliphatic rings. The van der Waals surface area contributed by atoms with Crippen molar-refractivity contribution in [1.82, 2.24) is 14.6 Å². The number of nitrogens with two attached hydrogens (primary N) is 1. The van der Waals surface area contributed by atoms with E-state index >= 15 is 0 Å². The second-order valence-electron chi connectivity index (χ2n) is 6.06. The van der Waals surface area contributed by atoms with Gasteiger partial charge in [-0.2, -0.15) is 5.11 Å². The van der Waals surface area contributed by atoms with Crippen molar-refractivity contribution in [3.63, 3.8) is 0 Å². The summed E-state index contributed by atoms with van der Waals surface area (Å²) in [7, 11) is 1.62. The summed E-state index contributed by atoms with van der Waals surface area (Å²) in [5.74, 6) is 1.04. The molecule has 2 aromatic heterocycles. The highest BCUT2D eigenvalue weighted by molar-refractivity contribution is 5.78. The molecule has 0 radical (unpaired) electrons. The van der Waals surface area contributed by atoms with Crippen LogP contribution in [-0.2, 0) is 0 Å². The Hall–Kier alpha value is -3.74. The second-order valence-corrected chi connectivity index (χ2v) is 6.06. The highest BCUT2D eigenvalue weighted by atomic mass is 16.5. The number of ether oxygens (including phenoxy) is 1.